The summed E-state index contributed by atoms with van der Waals surface area (Å²) in [7, 11) is 3.72. The quantitative estimate of drug-likeness (QED) is 0.623. The van der Waals surface area contributed by atoms with Crippen LogP contribution >= 0.6 is 0 Å². The summed E-state index contributed by atoms with van der Waals surface area (Å²) in [5.74, 6) is -0.518. The Morgan fingerprint density at radius 2 is 1.81 bits per heavy atom. The fourth-order valence-corrected chi connectivity index (χ4v) is 2.74. The molecule has 0 fully saturated rings. The fraction of sp³-hybridized carbons (Fsp3) is 0.200. The third kappa shape index (κ3) is 4.03. The number of aromatic carboxylic acids is 1. The topological polar surface area (TPSA) is 92.0 Å². The summed E-state index contributed by atoms with van der Waals surface area (Å²) in [6, 6.07) is 13.6. The first-order valence-electron chi connectivity index (χ1n) is 8.40. The van der Waals surface area contributed by atoms with Crippen LogP contribution < -0.4 is 15.0 Å². The Kier molecular flexibility index (Phi) is 5.30. The highest BCUT2D eigenvalue weighted by Gasteiger charge is 2.21. The van der Waals surface area contributed by atoms with Crippen molar-refractivity contribution in [1.29, 1.82) is 0 Å². The molecule has 3 rings (SSSR count). The van der Waals surface area contributed by atoms with Gasteiger partial charge >= 0.3 is 5.97 Å². The average molecular weight is 368 g/mol. The first-order chi connectivity index (χ1) is 13.0. The van der Waals surface area contributed by atoms with Crippen LogP contribution in [0.5, 0.6) is 5.75 Å². The number of carboxylic acid groups (broad SMARTS) is 1. The molecule has 0 bridgehead atoms. The number of carbonyl (C=O) groups is 2. The van der Waals surface area contributed by atoms with Crippen molar-refractivity contribution >= 4 is 28.5 Å². The molecule has 1 amide bonds. The zero-order valence-corrected chi connectivity index (χ0v) is 15.1. The van der Waals surface area contributed by atoms with Gasteiger partial charge in [0, 0.05) is 19.5 Å². The molecule has 0 aliphatic rings. The number of benzene rings is 2. The van der Waals surface area contributed by atoms with Gasteiger partial charge in [0.1, 0.15) is 17.9 Å². The Hall–Kier alpha value is -3.48. The second-order valence-corrected chi connectivity index (χ2v) is 6.10. The number of anilines is 1. The molecule has 140 valence electrons. The van der Waals surface area contributed by atoms with Gasteiger partial charge in [0.05, 0.1) is 17.8 Å². The number of furan rings is 1. The Bertz CT molecular complexity index is 960. The Labute approximate surface area is 156 Å². The van der Waals surface area contributed by atoms with Crippen LogP contribution in [0.25, 0.3) is 11.0 Å². The number of para-hydroxylation sites is 1. The van der Waals surface area contributed by atoms with Gasteiger partial charge < -0.3 is 24.5 Å². The lowest BCUT2D eigenvalue weighted by Gasteiger charge is -2.13. The Morgan fingerprint density at radius 3 is 2.48 bits per heavy atom. The van der Waals surface area contributed by atoms with E-state index in [0.717, 1.165) is 11.1 Å². The summed E-state index contributed by atoms with van der Waals surface area (Å²) in [6.45, 7) is 0.527. The molecule has 1 heterocycles. The molecular weight excluding hydrogens is 348 g/mol. The summed E-state index contributed by atoms with van der Waals surface area (Å²) in [4.78, 5) is 25.2. The van der Waals surface area contributed by atoms with Gasteiger partial charge in [0.25, 0.3) is 5.91 Å². The zero-order valence-electron chi connectivity index (χ0n) is 15.1. The fourth-order valence-electron chi connectivity index (χ4n) is 2.74. The van der Waals surface area contributed by atoms with Crippen LogP contribution in [0.4, 0.5) is 5.69 Å². The van der Waals surface area contributed by atoms with Crippen LogP contribution in [-0.2, 0) is 0 Å². The Balaban J connectivity index is 1.60. The molecular formula is C20H20N2O5. The summed E-state index contributed by atoms with van der Waals surface area (Å²) < 4.78 is 11.2. The summed E-state index contributed by atoms with van der Waals surface area (Å²) in [6.07, 6.45) is 0. The molecule has 1 aromatic heterocycles. The molecule has 7 heteroatoms. The SMILES string of the molecule is CN(C)c1c(C(=O)NCCOc2ccc(C(=O)O)cc2)oc2ccccc12. The summed E-state index contributed by atoms with van der Waals surface area (Å²) >= 11 is 0. The molecule has 0 atom stereocenters. The number of fused-ring (bicyclic) bond motifs is 1. The van der Waals surface area contributed by atoms with E-state index in [0.29, 0.717) is 11.3 Å². The predicted octanol–water partition coefficient (Wildman–Crippen LogP) is 3.01. The van der Waals surface area contributed by atoms with Crippen molar-refractivity contribution < 1.29 is 23.8 Å². The number of carbonyl (C=O) groups excluding carboxylic acids is 1. The molecule has 2 N–H and O–H groups in total. The van der Waals surface area contributed by atoms with Crippen molar-refractivity contribution in [2.45, 2.75) is 0 Å². The molecule has 0 saturated heterocycles. The number of ether oxygens (including phenoxy) is 1. The molecule has 0 aliphatic heterocycles. The molecule has 3 aromatic rings. The number of carboxylic acids is 1. The molecule has 0 spiro atoms. The molecule has 27 heavy (non-hydrogen) atoms. The van der Waals surface area contributed by atoms with Crippen molar-refractivity contribution in [2.24, 2.45) is 0 Å². The minimum atomic E-state index is -0.989. The van der Waals surface area contributed by atoms with E-state index >= 15 is 0 Å². The van der Waals surface area contributed by atoms with E-state index in [9.17, 15) is 9.59 Å². The van der Waals surface area contributed by atoms with E-state index in [4.69, 9.17) is 14.3 Å². The maximum atomic E-state index is 12.5. The number of amides is 1. The lowest BCUT2D eigenvalue weighted by molar-refractivity contribution is 0.0696. The molecule has 0 radical (unpaired) electrons. The van der Waals surface area contributed by atoms with Crippen molar-refractivity contribution in [3.63, 3.8) is 0 Å². The van der Waals surface area contributed by atoms with Crippen LogP contribution in [0.2, 0.25) is 0 Å². The van der Waals surface area contributed by atoms with Gasteiger partial charge in [-0.2, -0.15) is 0 Å². The maximum absolute atomic E-state index is 12.5. The second kappa shape index (κ2) is 7.82. The summed E-state index contributed by atoms with van der Waals surface area (Å²) in [5.41, 5.74) is 1.58. The van der Waals surface area contributed by atoms with Crippen molar-refractivity contribution in [3.05, 3.63) is 59.9 Å². The number of hydrogen-bond acceptors (Lipinski definition) is 5. The van der Waals surface area contributed by atoms with Gasteiger partial charge in [-0.1, -0.05) is 12.1 Å². The molecule has 2 aromatic carbocycles. The van der Waals surface area contributed by atoms with Gasteiger partial charge in [-0.05, 0) is 36.4 Å². The molecule has 0 unspecified atom stereocenters. The standard InChI is InChI=1S/C20H20N2O5/c1-22(2)17-15-5-3-4-6-16(15)27-18(17)19(23)21-11-12-26-14-9-7-13(8-10-14)20(24)25/h3-10H,11-12H2,1-2H3,(H,21,23)(H,24,25). The monoisotopic (exact) mass is 368 g/mol. The number of nitrogens with one attached hydrogen (secondary N) is 1. The van der Waals surface area contributed by atoms with Crippen LogP contribution in [0.1, 0.15) is 20.9 Å². The van der Waals surface area contributed by atoms with Crippen molar-refractivity contribution in [1.82, 2.24) is 5.32 Å². The van der Waals surface area contributed by atoms with E-state index < -0.39 is 5.97 Å². The van der Waals surface area contributed by atoms with E-state index in [2.05, 4.69) is 5.32 Å². The Morgan fingerprint density at radius 1 is 1.11 bits per heavy atom. The van der Waals surface area contributed by atoms with Crippen molar-refractivity contribution in [3.8, 4) is 5.75 Å². The summed E-state index contributed by atoms with van der Waals surface area (Å²) in [5, 5.41) is 12.5. The zero-order chi connectivity index (χ0) is 19.4. The van der Waals surface area contributed by atoms with Crippen molar-refractivity contribution in [2.75, 3.05) is 32.1 Å². The van der Waals surface area contributed by atoms with Gasteiger partial charge in [-0.15, -0.1) is 0 Å². The smallest absolute Gasteiger partial charge is 0.335 e. The number of rotatable bonds is 7. The minimum absolute atomic E-state index is 0.191. The van der Waals surface area contributed by atoms with E-state index in [1.807, 2.05) is 43.3 Å². The molecule has 7 nitrogen and oxygen atoms in total. The normalized spacial score (nSPS) is 10.6. The minimum Gasteiger partial charge on any atom is -0.492 e. The van der Waals surface area contributed by atoms with Gasteiger partial charge in [0.2, 0.25) is 5.76 Å². The number of nitrogens with zero attached hydrogens (tertiary/aromatic N) is 1. The van der Waals surface area contributed by atoms with Gasteiger partial charge in [-0.3, -0.25) is 4.79 Å². The highest BCUT2D eigenvalue weighted by molar-refractivity contribution is 6.06. The highest BCUT2D eigenvalue weighted by Crippen LogP contribution is 2.32. The van der Waals surface area contributed by atoms with Crippen LogP contribution in [-0.4, -0.2) is 44.2 Å². The highest BCUT2D eigenvalue weighted by atomic mass is 16.5. The maximum Gasteiger partial charge on any atom is 0.335 e. The lowest BCUT2D eigenvalue weighted by Crippen LogP contribution is -2.29. The van der Waals surface area contributed by atoms with Crippen LogP contribution in [0.15, 0.2) is 52.9 Å². The third-order valence-electron chi connectivity index (χ3n) is 3.98. The average Bonchev–Trinajstić information content (AvgIpc) is 3.05. The van der Waals surface area contributed by atoms with Gasteiger partial charge in [-0.25, -0.2) is 4.79 Å². The molecule has 0 aliphatic carbocycles. The first-order valence-corrected chi connectivity index (χ1v) is 8.40. The van der Waals surface area contributed by atoms with E-state index in [-0.39, 0.29) is 30.4 Å². The second-order valence-electron chi connectivity index (χ2n) is 6.10. The van der Waals surface area contributed by atoms with Crippen LogP contribution in [0.3, 0.4) is 0 Å². The first kappa shape index (κ1) is 18.3. The molecule has 0 saturated carbocycles. The largest absolute Gasteiger partial charge is 0.492 e. The third-order valence-corrected chi connectivity index (χ3v) is 3.98. The number of hydrogen-bond donors (Lipinski definition) is 2. The van der Waals surface area contributed by atoms with E-state index in [1.54, 1.807) is 12.1 Å². The van der Waals surface area contributed by atoms with Gasteiger partial charge in [0.15, 0.2) is 0 Å². The van der Waals surface area contributed by atoms with Crippen LogP contribution in [0, 0.1) is 0 Å². The van der Waals surface area contributed by atoms with E-state index in [1.165, 1.54) is 12.1 Å². The predicted molar refractivity (Wildman–Crippen MR) is 102 cm³/mol. The lowest BCUT2D eigenvalue weighted by atomic mass is 10.2.